The summed E-state index contributed by atoms with van der Waals surface area (Å²) >= 11 is 0. The zero-order chi connectivity index (χ0) is 30.3. The van der Waals surface area contributed by atoms with Crippen LogP contribution >= 0.6 is 0 Å². The van der Waals surface area contributed by atoms with E-state index in [0.29, 0.717) is 36.5 Å². The molecule has 0 aromatic carbocycles. The van der Waals surface area contributed by atoms with Gasteiger partial charge in [-0.1, -0.05) is 83.1 Å². The standard InChI is InChI=1S/C10H22O2.C10H20O2.C5H10O2.C5H10O/c2*1-7(2)5-10(12)9(6-11)8(3)4;1-4(2)3-5(6)7;1-5(2)3-4-6/h7-12H,5-6H2,1-4H3;6-10,12H,5H2,1-4H3;4H,3H2,1-2H3,(H,6,7);4-5H,3H2,1-2H3. The van der Waals surface area contributed by atoms with Gasteiger partial charge in [0.05, 0.1) is 12.2 Å². The summed E-state index contributed by atoms with van der Waals surface area (Å²) in [7, 11) is 0. The smallest absolute Gasteiger partial charge is 0.303 e. The lowest BCUT2D eigenvalue weighted by Gasteiger charge is -2.25. The summed E-state index contributed by atoms with van der Waals surface area (Å²) in [6.07, 6.45) is 3.46. The van der Waals surface area contributed by atoms with Crippen molar-refractivity contribution in [2.24, 2.45) is 47.3 Å². The second-order valence-corrected chi connectivity index (χ2v) is 12.2. The molecule has 0 amide bonds. The molecule has 0 bridgehead atoms. The van der Waals surface area contributed by atoms with Crippen LogP contribution in [0.2, 0.25) is 0 Å². The van der Waals surface area contributed by atoms with Crippen molar-refractivity contribution < 1.29 is 34.8 Å². The molecule has 0 fully saturated rings. The predicted octanol–water partition coefficient (Wildman–Crippen LogP) is 5.87. The average Bonchev–Trinajstić information content (AvgIpc) is 2.67. The van der Waals surface area contributed by atoms with E-state index in [0.717, 1.165) is 19.0 Å². The largest absolute Gasteiger partial charge is 0.481 e. The van der Waals surface area contributed by atoms with Crippen LogP contribution in [0.5, 0.6) is 0 Å². The number of hydrogen-bond donors (Lipinski definition) is 4. The summed E-state index contributed by atoms with van der Waals surface area (Å²) in [6.45, 7) is 24.1. The highest BCUT2D eigenvalue weighted by atomic mass is 16.4. The Labute approximate surface area is 228 Å². The normalized spacial score (nSPS) is 14.2. The van der Waals surface area contributed by atoms with E-state index < -0.39 is 12.1 Å². The lowest BCUT2D eigenvalue weighted by molar-refractivity contribution is -0.137. The second-order valence-electron chi connectivity index (χ2n) is 12.2. The van der Waals surface area contributed by atoms with Gasteiger partial charge < -0.3 is 30.0 Å². The van der Waals surface area contributed by atoms with Gasteiger partial charge >= 0.3 is 5.97 Å². The molecule has 0 saturated carbocycles. The molecule has 0 aromatic rings. The van der Waals surface area contributed by atoms with Crippen molar-refractivity contribution >= 4 is 18.5 Å². The first kappa shape index (κ1) is 42.8. The molecule has 0 aliphatic rings. The molecule has 0 saturated heterocycles. The van der Waals surface area contributed by atoms with E-state index >= 15 is 0 Å². The highest BCUT2D eigenvalue weighted by Gasteiger charge is 2.23. The van der Waals surface area contributed by atoms with E-state index in [-0.39, 0.29) is 42.8 Å². The fraction of sp³-hybridized carbons (Fsp3) is 0.900. The lowest BCUT2D eigenvalue weighted by Crippen LogP contribution is -2.29. The van der Waals surface area contributed by atoms with Crippen LogP contribution in [0.4, 0.5) is 0 Å². The number of aliphatic hydroxyl groups excluding tert-OH is 3. The van der Waals surface area contributed by atoms with E-state index in [1.54, 1.807) is 0 Å². The molecule has 0 spiro atoms. The molecule has 0 heterocycles. The third-order valence-corrected chi connectivity index (χ3v) is 5.51. The van der Waals surface area contributed by atoms with E-state index in [4.69, 9.17) is 10.2 Å². The number of carboxylic acids is 1. The minimum Gasteiger partial charge on any atom is -0.481 e. The van der Waals surface area contributed by atoms with Crippen LogP contribution < -0.4 is 0 Å². The molecular weight excluding hydrogens is 472 g/mol. The highest BCUT2D eigenvalue weighted by Crippen LogP contribution is 2.20. The Hall–Kier alpha value is -1.31. The molecule has 7 heteroatoms. The fourth-order valence-electron chi connectivity index (χ4n) is 3.31. The van der Waals surface area contributed by atoms with Crippen LogP contribution in [0.3, 0.4) is 0 Å². The molecule has 0 aromatic heterocycles. The Bertz CT molecular complexity index is 528. The fourth-order valence-corrected chi connectivity index (χ4v) is 3.31. The molecule has 4 unspecified atom stereocenters. The van der Waals surface area contributed by atoms with Gasteiger partial charge in [0.25, 0.3) is 0 Å². The number of aldehydes is 2. The van der Waals surface area contributed by atoms with Gasteiger partial charge in [-0.05, 0) is 48.3 Å². The summed E-state index contributed by atoms with van der Waals surface area (Å²) in [5.74, 6) is 1.45. The van der Waals surface area contributed by atoms with Crippen LogP contribution in [0.1, 0.15) is 109 Å². The Morgan fingerprint density at radius 1 is 0.676 bits per heavy atom. The summed E-state index contributed by atoms with van der Waals surface area (Å²) < 4.78 is 0. The Morgan fingerprint density at radius 3 is 1.27 bits per heavy atom. The summed E-state index contributed by atoms with van der Waals surface area (Å²) in [4.78, 5) is 30.0. The van der Waals surface area contributed by atoms with Crippen molar-refractivity contribution in [2.45, 2.75) is 121 Å². The predicted molar refractivity (Wildman–Crippen MR) is 153 cm³/mol. The minimum atomic E-state index is -0.713. The molecule has 4 atom stereocenters. The SMILES string of the molecule is CC(C)CC(=O)O.CC(C)CC(O)C(C=O)C(C)C.CC(C)CC(O)C(CO)C(C)C.CC(C)CC=O. The molecular formula is C30H62O7. The van der Waals surface area contributed by atoms with Gasteiger partial charge in [0.1, 0.15) is 12.6 Å². The molecule has 7 nitrogen and oxygen atoms in total. The van der Waals surface area contributed by atoms with Crippen molar-refractivity contribution in [1.29, 1.82) is 0 Å². The number of carboxylic acid groups (broad SMARTS) is 1. The quantitative estimate of drug-likeness (QED) is 0.205. The zero-order valence-electron chi connectivity index (χ0n) is 26.0. The topological polar surface area (TPSA) is 132 Å². The van der Waals surface area contributed by atoms with Crippen molar-refractivity contribution in [3.8, 4) is 0 Å². The van der Waals surface area contributed by atoms with E-state index in [1.165, 1.54) is 0 Å². The molecule has 0 aliphatic carbocycles. The monoisotopic (exact) mass is 534 g/mol. The number of aliphatic carboxylic acids is 1. The van der Waals surface area contributed by atoms with Crippen molar-refractivity contribution in [3.05, 3.63) is 0 Å². The maximum atomic E-state index is 10.6. The summed E-state index contributed by atoms with van der Waals surface area (Å²) in [5, 5.41) is 36.4. The van der Waals surface area contributed by atoms with Crippen molar-refractivity contribution in [2.75, 3.05) is 6.61 Å². The van der Waals surface area contributed by atoms with Crippen LogP contribution in [-0.4, -0.2) is 57.8 Å². The number of carbonyl (C=O) groups is 3. The second kappa shape index (κ2) is 26.3. The number of aliphatic hydroxyl groups is 3. The molecule has 0 rings (SSSR count). The Morgan fingerprint density at radius 2 is 1.11 bits per heavy atom. The van der Waals surface area contributed by atoms with Gasteiger partial charge in [0, 0.05) is 31.3 Å². The van der Waals surface area contributed by atoms with E-state index in [2.05, 4.69) is 13.8 Å². The van der Waals surface area contributed by atoms with E-state index in [1.807, 2.05) is 69.2 Å². The molecule has 4 N–H and O–H groups in total. The minimum absolute atomic E-state index is 0.0346. The highest BCUT2D eigenvalue weighted by molar-refractivity contribution is 5.66. The van der Waals surface area contributed by atoms with Crippen LogP contribution in [0.15, 0.2) is 0 Å². The summed E-state index contributed by atoms with van der Waals surface area (Å²) in [6, 6.07) is 0. The van der Waals surface area contributed by atoms with Gasteiger partial charge in [-0.15, -0.1) is 0 Å². The number of rotatable bonds is 14. The maximum Gasteiger partial charge on any atom is 0.303 e. The Kier molecular flexibility index (Phi) is 30.4. The third kappa shape index (κ3) is 32.7. The van der Waals surface area contributed by atoms with E-state index in [9.17, 15) is 24.6 Å². The van der Waals surface area contributed by atoms with Gasteiger partial charge in [-0.25, -0.2) is 0 Å². The van der Waals surface area contributed by atoms with Crippen LogP contribution in [0, 0.1) is 47.3 Å². The molecule has 224 valence electrons. The van der Waals surface area contributed by atoms with Crippen LogP contribution in [0.25, 0.3) is 0 Å². The van der Waals surface area contributed by atoms with Gasteiger partial charge in [-0.3, -0.25) is 4.79 Å². The number of hydrogen-bond acceptors (Lipinski definition) is 6. The van der Waals surface area contributed by atoms with Gasteiger partial charge in [0.15, 0.2) is 0 Å². The third-order valence-electron chi connectivity index (χ3n) is 5.51. The Balaban J connectivity index is -0.000000205. The van der Waals surface area contributed by atoms with Crippen molar-refractivity contribution in [1.82, 2.24) is 0 Å². The van der Waals surface area contributed by atoms with Crippen molar-refractivity contribution in [3.63, 3.8) is 0 Å². The van der Waals surface area contributed by atoms with Gasteiger partial charge in [0.2, 0.25) is 0 Å². The molecule has 0 aliphatic heterocycles. The molecule has 0 radical (unpaired) electrons. The first-order chi connectivity index (χ1) is 16.9. The molecule has 37 heavy (non-hydrogen) atoms. The number of carbonyl (C=O) groups excluding carboxylic acids is 2. The van der Waals surface area contributed by atoms with Crippen LogP contribution in [-0.2, 0) is 14.4 Å². The average molecular weight is 535 g/mol. The first-order valence-corrected chi connectivity index (χ1v) is 13.9. The lowest BCUT2D eigenvalue weighted by atomic mass is 9.87. The summed E-state index contributed by atoms with van der Waals surface area (Å²) in [5.41, 5.74) is 0. The maximum absolute atomic E-state index is 10.6. The zero-order valence-corrected chi connectivity index (χ0v) is 26.0. The van der Waals surface area contributed by atoms with Gasteiger partial charge in [-0.2, -0.15) is 0 Å². The first-order valence-electron chi connectivity index (χ1n) is 13.9.